The molecule has 0 atom stereocenters. The normalized spacial score (nSPS) is 19.8. The van der Waals surface area contributed by atoms with Crippen LogP contribution in [0.5, 0.6) is 0 Å². The number of carbonyl (C=O) groups is 1. The average molecular weight is 222 g/mol. The van der Waals surface area contributed by atoms with Crippen molar-refractivity contribution in [3.05, 3.63) is 18.0 Å². The van der Waals surface area contributed by atoms with Crippen LogP contribution in [-0.4, -0.2) is 45.8 Å². The van der Waals surface area contributed by atoms with Gasteiger partial charge in [-0.25, -0.2) is 0 Å². The fraction of sp³-hybridized carbons (Fsp3) is 0.636. The van der Waals surface area contributed by atoms with Gasteiger partial charge in [-0.2, -0.15) is 5.10 Å². The van der Waals surface area contributed by atoms with Crippen molar-refractivity contribution in [2.75, 3.05) is 19.6 Å². The molecule has 2 rings (SSSR count). The first-order valence-corrected chi connectivity index (χ1v) is 5.52. The Kier molecular flexibility index (Phi) is 2.71. The molecule has 0 aromatic carbocycles. The quantitative estimate of drug-likeness (QED) is 0.740. The summed E-state index contributed by atoms with van der Waals surface area (Å²) in [4.78, 5) is 14.2. The topological polar surface area (TPSA) is 50.2 Å². The maximum atomic E-state index is 12.3. The summed E-state index contributed by atoms with van der Waals surface area (Å²) in [6.07, 6.45) is 3.39. The van der Waals surface area contributed by atoms with Crippen molar-refractivity contribution in [2.24, 2.45) is 7.05 Å². The van der Waals surface area contributed by atoms with Crippen LogP contribution >= 0.6 is 0 Å². The zero-order chi connectivity index (χ0) is 11.8. The molecule has 1 amide bonds. The molecule has 0 bridgehead atoms. The van der Waals surface area contributed by atoms with E-state index in [1.807, 2.05) is 11.9 Å². The zero-order valence-corrected chi connectivity index (χ0v) is 10.0. The third-order valence-electron chi connectivity index (χ3n) is 3.00. The second kappa shape index (κ2) is 3.90. The predicted octanol–water partition coefficient (Wildman–Crippen LogP) is 0.244. The molecule has 1 aliphatic heterocycles. The molecule has 1 aromatic rings. The Bertz CT molecular complexity index is 396. The van der Waals surface area contributed by atoms with E-state index in [-0.39, 0.29) is 11.4 Å². The van der Waals surface area contributed by atoms with E-state index in [2.05, 4.69) is 24.3 Å². The SMILES string of the molecule is Cn1cc(C(=O)N2CCNCC2(C)C)cn1. The highest BCUT2D eigenvalue weighted by Crippen LogP contribution is 2.19. The van der Waals surface area contributed by atoms with Gasteiger partial charge >= 0.3 is 0 Å². The number of aryl methyl sites for hydroxylation is 1. The van der Waals surface area contributed by atoms with Crippen molar-refractivity contribution in [1.82, 2.24) is 20.0 Å². The molecule has 0 saturated carbocycles. The minimum absolute atomic E-state index is 0.0691. The molecule has 5 heteroatoms. The minimum Gasteiger partial charge on any atom is -0.331 e. The standard InChI is InChI=1S/C11H18N4O/c1-11(2)8-12-4-5-15(11)10(16)9-6-13-14(3)7-9/h6-7,12H,4-5,8H2,1-3H3. The van der Waals surface area contributed by atoms with Crippen molar-refractivity contribution in [1.29, 1.82) is 0 Å². The lowest BCUT2D eigenvalue weighted by molar-refractivity contribution is 0.0477. The van der Waals surface area contributed by atoms with Crippen LogP contribution in [0.4, 0.5) is 0 Å². The number of piperazine rings is 1. The highest BCUT2D eigenvalue weighted by molar-refractivity contribution is 5.94. The summed E-state index contributed by atoms with van der Waals surface area (Å²) < 4.78 is 1.66. The summed E-state index contributed by atoms with van der Waals surface area (Å²) in [6.45, 7) is 6.59. The number of hydrogen-bond acceptors (Lipinski definition) is 3. The lowest BCUT2D eigenvalue weighted by Gasteiger charge is -2.42. The van der Waals surface area contributed by atoms with Gasteiger partial charge in [0.15, 0.2) is 0 Å². The number of rotatable bonds is 1. The largest absolute Gasteiger partial charge is 0.331 e. The van der Waals surface area contributed by atoms with Gasteiger partial charge in [-0.1, -0.05) is 0 Å². The summed E-state index contributed by atoms with van der Waals surface area (Å²) in [6, 6.07) is 0. The van der Waals surface area contributed by atoms with Crippen LogP contribution in [-0.2, 0) is 7.05 Å². The Morgan fingerprint density at radius 1 is 1.56 bits per heavy atom. The summed E-state index contributed by atoms with van der Waals surface area (Å²) in [5.41, 5.74) is 0.531. The van der Waals surface area contributed by atoms with Crippen LogP contribution in [0.1, 0.15) is 24.2 Å². The lowest BCUT2D eigenvalue weighted by Crippen LogP contribution is -2.59. The summed E-state index contributed by atoms with van der Waals surface area (Å²) in [5, 5.41) is 7.34. The molecule has 1 saturated heterocycles. The van der Waals surface area contributed by atoms with E-state index in [4.69, 9.17) is 0 Å². The van der Waals surface area contributed by atoms with Gasteiger partial charge < -0.3 is 10.2 Å². The van der Waals surface area contributed by atoms with Gasteiger partial charge in [-0.05, 0) is 13.8 Å². The molecule has 2 heterocycles. The van der Waals surface area contributed by atoms with E-state index < -0.39 is 0 Å². The van der Waals surface area contributed by atoms with Crippen LogP contribution in [0, 0.1) is 0 Å². The van der Waals surface area contributed by atoms with E-state index in [1.165, 1.54) is 0 Å². The van der Waals surface area contributed by atoms with Crippen LogP contribution < -0.4 is 5.32 Å². The van der Waals surface area contributed by atoms with Crippen molar-refractivity contribution < 1.29 is 4.79 Å². The molecule has 5 nitrogen and oxygen atoms in total. The lowest BCUT2D eigenvalue weighted by atomic mass is 9.99. The van der Waals surface area contributed by atoms with Crippen LogP contribution in [0.3, 0.4) is 0 Å². The second-order valence-corrected chi connectivity index (χ2v) is 4.85. The molecule has 1 aromatic heterocycles. The van der Waals surface area contributed by atoms with Gasteiger partial charge in [0.1, 0.15) is 0 Å². The maximum Gasteiger partial charge on any atom is 0.257 e. The molecule has 1 N–H and O–H groups in total. The number of carbonyl (C=O) groups excluding carboxylic acids is 1. The van der Waals surface area contributed by atoms with Gasteiger partial charge in [-0.3, -0.25) is 9.48 Å². The van der Waals surface area contributed by atoms with E-state index in [0.717, 1.165) is 19.6 Å². The van der Waals surface area contributed by atoms with Crippen molar-refractivity contribution in [3.63, 3.8) is 0 Å². The van der Waals surface area contributed by atoms with Gasteiger partial charge in [-0.15, -0.1) is 0 Å². The highest BCUT2D eigenvalue weighted by atomic mass is 16.2. The second-order valence-electron chi connectivity index (χ2n) is 4.85. The molecule has 0 radical (unpaired) electrons. The van der Waals surface area contributed by atoms with Gasteiger partial charge in [0.25, 0.3) is 5.91 Å². The van der Waals surface area contributed by atoms with Crippen LogP contribution in [0.15, 0.2) is 12.4 Å². The Hall–Kier alpha value is -1.36. The van der Waals surface area contributed by atoms with Gasteiger partial charge in [0, 0.05) is 32.9 Å². The fourth-order valence-electron chi connectivity index (χ4n) is 2.05. The molecular weight excluding hydrogens is 204 g/mol. The average Bonchev–Trinajstić information content (AvgIpc) is 2.63. The first kappa shape index (κ1) is 11.1. The number of amides is 1. The van der Waals surface area contributed by atoms with E-state index >= 15 is 0 Å². The fourth-order valence-corrected chi connectivity index (χ4v) is 2.05. The van der Waals surface area contributed by atoms with Crippen molar-refractivity contribution in [2.45, 2.75) is 19.4 Å². The van der Waals surface area contributed by atoms with E-state index in [0.29, 0.717) is 5.56 Å². The van der Waals surface area contributed by atoms with Crippen LogP contribution in [0.2, 0.25) is 0 Å². The zero-order valence-electron chi connectivity index (χ0n) is 10.0. The Balaban J connectivity index is 2.20. The summed E-state index contributed by atoms with van der Waals surface area (Å²) in [7, 11) is 1.82. The van der Waals surface area contributed by atoms with Crippen molar-refractivity contribution in [3.8, 4) is 0 Å². The van der Waals surface area contributed by atoms with Crippen LogP contribution in [0.25, 0.3) is 0 Å². The predicted molar refractivity (Wildman–Crippen MR) is 61.2 cm³/mol. The molecule has 0 unspecified atom stereocenters. The van der Waals surface area contributed by atoms with Gasteiger partial charge in [0.2, 0.25) is 0 Å². The van der Waals surface area contributed by atoms with E-state index in [9.17, 15) is 4.79 Å². The molecule has 0 aliphatic carbocycles. The monoisotopic (exact) mass is 222 g/mol. The Morgan fingerprint density at radius 2 is 2.31 bits per heavy atom. The highest BCUT2D eigenvalue weighted by Gasteiger charge is 2.33. The number of aromatic nitrogens is 2. The minimum atomic E-state index is -0.134. The number of nitrogens with zero attached hydrogens (tertiary/aromatic N) is 3. The Morgan fingerprint density at radius 3 is 2.88 bits per heavy atom. The first-order valence-electron chi connectivity index (χ1n) is 5.52. The smallest absolute Gasteiger partial charge is 0.257 e. The van der Waals surface area contributed by atoms with E-state index in [1.54, 1.807) is 17.1 Å². The Labute approximate surface area is 95.4 Å². The van der Waals surface area contributed by atoms with Crippen molar-refractivity contribution >= 4 is 5.91 Å². The first-order chi connectivity index (χ1) is 7.50. The molecule has 0 spiro atoms. The molecular formula is C11H18N4O. The number of hydrogen-bond donors (Lipinski definition) is 1. The molecule has 1 aliphatic rings. The summed E-state index contributed by atoms with van der Waals surface area (Å²) >= 11 is 0. The maximum absolute atomic E-state index is 12.3. The molecule has 88 valence electrons. The molecule has 16 heavy (non-hydrogen) atoms. The van der Waals surface area contributed by atoms with Gasteiger partial charge in [0.05, 0.1) is 17.3 Å². The molecule has 1 fully saturated rings. The third-order valence-corrected chi connectivity index (χ3v) is 3.00. The third kappa shape index (κ3) is 1.95. The summed E-state index contributed by atoms with van der Waals surface area (Å²) in [5.74, 6) is 0.0691. The number of nitrogens with one attached hydrogen (secondary N) is 1.